The van der Waals surface area contributed by atoms with Crippen LogP contribution in [0.15, 0.2) is 12.1 Å². The lowest BCUT2D eigenvalue weighted by Gasteiger charge is -2.58. The molecule has 2 N–H and O–H groups in total. The van der Waals surface area contributed by atoms with Gasteiger partial charge in [0.25, 0.3) is 0 Å². The number of hydrogen-bond acceptors (Lipinski definition) is 5. The van der Waals surface area contributed by atoms with Crippen LogP contribution in [-0.4, -0.2) is 49.8 Å². The van der Waals surface area contributed by atoms with Gasteiger partial charge in [0.2, 0.25) is 5.91 Å². The molecule has 1 aromatic carbocycles. The molecule has 6 nitrogen and oxygen atoms in total. The van der Waals surface area contributed by atoms with Gasteiger partial charge in [-0.3, -0.25) is 4.79 Å². The van der Waals surface area contributed by atoms with E-state index in [1.807, 2.05) is 37.8 Å². The van der Waals surface area contributed by atoms with E-state index in [-0.39, 0.29) is 29.8 Å². The summed E-state index contributed by atoms with van der Waals surface area (Å²) in [7, 11) is 3.25. The van der Waals surface area contributed by atoms with Gasteiger partial charge in [0, 0.05) is 31.5 Å². The highest BCUT2D eigenvalue weighted by Gasteiger charge is 2.63. The Morgan fingerprint density at radius 3 is 2.33 bits per heavy atom. The molecule has 1 saturated carbocycles. The molecule has 7 heteroatoms. The molecule has 0 bridgehead atoms. The highest BCUT2D eigenvalue weighted by molar-refractivity contribution is 5.89. The van der Waals surface area contributed by atoms with Gasteiger partial charge in [-0.05, 0) is 36.6 Å². The summed E-state index contributed by atoms with van der Waals surface area (Å²) in [6.07, 6.45) is 1.39. The van der Waals surface area contributed by atoms with E-state index in [1.54, 1.807) is 14.2 Å². The number of hydrogen-bond donors (Lipinski definition) is 1. The number of nitrogens with two attached hydrogens (primary N) is 1. The van der Waals surface area contributed by atoms with E-state index < -0.39 is 5.54 Å². The van der Waals surface area contributed by atoms with Crippen molar-refractivity contribution in [3.05, 3.63) is 23.3 Å². The molecule has 1 heterocycles. The molecule has 1 aromatic rings. The topological polar surface area (TPSA) is 74.0 Å². The quantitative estimate of drug-likeness (QED) is 0.825. The number of nitrogens with zero attached hydrogens (tertiary/aromatic N) is 1. The Morgan fingerprint density at radius 2 is 1.81 bits per heavy atom. The number of benzene rings is 1. The van der Waals surface area contributed by atoms with Gasteiger partial charge < -0.3 is 24.8 Å². The maximum atomic E-state index is 13.2. The van der Waals surface area contributed by atoms with Crippen molar-refractivity contribution in [2.75, 3.05) is 27.4 Å². The normalized spacial score (nSPS) is 25.7. The van der Waals surface area contributed by atoms with Gasteiger partial charge in [0.1, 0.15) is 5.54 Å². The van der Waals surface area contributed by atoms with Crippen molar-refractivity contribution in [2.45, 2.75) is 51.8 Å². The van der Waals surface area contributed by atoms with Gasteiger partial charge in [0.15, 0.2) is 11.5 Å². The molecule has 0 aromatic heterocycles. The summed E-state index contributed by atoms with van der Waals surface area (Å²) in [5.41, 5.74) is 7.61. The Balaban J connectivity index is 0.00000261. The molecule has 0 spiro atoms. The van der Waals surface area contributed by atoms with Gasteiger partial charge in [0.05, 0.1) is 20.3 Å². The van der Waals surface area contributed by atoms with Crippen molar-refractivity contribution in [2.24, 2.45) is 11.1 Å². The third-order valence-corrected chi connectivity index (χ3v) is 6.22. The summed E-state index contributed by atoms with van der Waals surface area (Å²) in [5.74, 6) is 1.42. The zero-order valence-electron chi connectivity index (χ0n) is 16.8. The van der Waals surface area contributed by atoms with Crippen LogP contribution in [-0.2, 0) is 22.5 Å². The largest absolute Gasteiger partial charge is 0.493 e. The zero-order valence-corrected chi connectivity index (χ0v) is 17.6. The summed E-state index contributed by atoms with van der Waals surface area (Å²) >= 11 is 0. The van der Waals surface area contributed by atoms with Crippen LogP contribution in [0.1, 0.15) is 38.3 Å². The molecular weight excluding hydrogens is 368 g/mol. The number of carbonyl (C=O) groups excluding carboxylic acids is 1. The molecule has 3 rings (SSSR count). The van der Waals surface area contributed by atoms with Crippen molar-refractivity contribution in [1.29, 1.82) is 0 Å². The van der Waals surface area contributed by atoms with Gasteiger partial charge in [-0.2, -0.15) is 0 Å². The Hall–Kier alpha value is -1.50. The van der Waals surface area contributed by atoms with E-state index in [1.165, 1.54) is 5.56 Å². The summed E-state index contributed by atoms with van der Waals surface area (Å²) in [4.78, 5) is 15.1. The third kappa shape index (κ3) is 3.39. The van der Waals surface area contributed by atoms with Crippen LogP contribution >= 0.6 is 12.4 Å². The van der Waals surface area contributed by atoms with Crippen LogP contribution in [0.3, 0.4) is 0 Å². The minimum absolute atomic E-state index is 0. The number of ether oxygens (including phenoxy) is 3. The second-order valence-electron chi connectivity index (χ2n) is 7.79. The standard InChI is InChI=1S/C20H30N2O4.ClH/c1-6-26-17-11-20(21,19(17,2)3)18(23)22-8-7-13-9-15(24-4)16(25-5)10-14(13)12-22;/h9-10,17H,6-8,11-12,21H2,1-5H3;1H. The van der Waals surface area contributed by atoms with Crippen LogP contribution in [0.25, 0.3) is 0 Å². The highest BCUT2D eigenvalue weighted by atomic mass is 35.5. The van der Waals surface area contributed by atoms with Crippen LogP contribution in [0, 0.1) is 5.41 Å². The van der Waals surface area contributed by atoms with Crippen molar-refractivity contribution < 1.29 is 19.0 Å². The van der Waals surface area contributed by atoms with Gasteiger partial charge in [-0.15, -0.1) is 12.4 Å². The zero-order chi connectivity index (χ0) is 19.1. The van der Waals surface area contributed by atoms with Crippen molar-refractivity contribution in [3.63, 3.8) is 0 Å². The number of amides is 1. The second kappa shape index (κ2) is 7.86. The fraction of sp³-hybridized carbons (Fsp3) is 0.650. The number of rotatable bonds is 5. The third-order valence-electron chi connectivity index (χ3n) is 6.22. The number of carbonyl (C=O) groups is 1. The summed E-state index contributed by atoms with van der Waals surface area (Å²) in [6, 6.07) is 3.97. The van der Waals surface area contributed by atoms with Crippen LogP contribution in [0.4, 0.5) is 0 Å². The molecule has 1 fully saturated rings. The van der Waals surface area contributed by atoms with E-state index in [2.05, 4.69) is 0 Å². The molecule has 0 saturated heterocycles. The van der Waals surface area contributed by atoms with Crippen molar-refractivity contribution >= 4 is 18.3 Å². The molecular formula is C20H31ClN2O4. The number of methoxy groups -OCH3 is 2. The number of halogens is 1. The fourth-order valence-electron chi connectivity index (χ4n) is 4.14. The van der Waals surface area contributed by atoms with Gasteiger partial charge in [-0.25, -0.2) is 0 Å². The van der Waals surface area contributed by atoms with Crippen molar-refractivity contribution in [3.8, 4) is 11.5 Å². The SMILES string of the molecule is CCOC1CC(N)(C(=O)N2CCc3cc(OC)c(OC)cc3C2)C1(C)C.Cl. The minimum Gasteiger partial charge on any atom is -0.493 e. The lowest BCUT2D eigenvalue weighted by molar-refractivity contribution is -0.180. The lowest BCUT2D eigenvalue weighted by Crippen LogP contribution is -2.76. The Bertz CT molecular complexity index is 709. The van der Waals surface area contributed by atoms with Crippen LogP contribution < -0.4 is 15.2 Å². The highest BCUT2D eigenvalue weighted by Crippen LogP contribution is 2.51. The smallest absolute Gasteiger partial charge is 0.243 e. The van der Waals surface area contributed by atoms with Crippen LogP contribution in [0.2, 0.25) is 0 Å². The molecule has 2 atom stereocenters. The summed E-state index contributed by atoms with van der Waals surface area (Å²) < 4.78 is 16.5. The predicted octanol–water partition coefficient (Wildman–Crippen LogP) is 2.54. The predicted molar refractivity (Wildman–Crippen MR) is 107 cm³/mol. The summed E-state index contributed by atoms with van der Waals surface area (Å²) in [6.45, 7) is 7.87. The van der Waals surface area contributed by atoms with E-state index in [4.69, 9.17) is 19.9 Å². The molecule has 2 aliphatic rings. The summed E-state index contributed by atoms with van der Waals surface area (Å²) in [5, 5.41) is 0. The molecule has 1 aliphatic carbocycles. The second-order valence-corrected chi connectivity index (χ2v) is 7.79. The first-order chi connectivity index (χ1) is 12.3. The molecule has 152 valence electrons. The first-order valence-corrected chi connectivity index (χ1v) is 9.22. The molecule has 0 radical (unpaired) electrons. The van der Waals surface area contributed by atoms with Crippen LogP contribution in [0.5, 0.6) is 11.5 Å². The van der Waals surface area contributed by atoms with Crippen molar-refractivity contribution in [1.82, 2.24) is 4.90 Å². The van der Waals surface area contributed by atoms with Gasteiger partial charge in [-0.1, -0.05) is 13.8 Å². The molecule has 1 aliphatic heterocycles. The Morgan fingerprint density at radius 1 is 1.22 bits per heavy atom. The lowest BCUT2D eigenvalue weighted by atomic mass is 9.54. The minimum atomic E-state index is -0.874. The average molecular weight is 399 g/mol. The first-order valence-electron chi connectivity index (χ1n) is 9.22. The Labute approximate surface area is 167 Å². The van der Waals surface area contributed by atoms with E-state index in [9.17, 15) is 4.79 Å². The maximum absolute atomic E-state index is 13.2. The molecule has 27 heavy (non-hydrogen) atoms. The fourth-order valence-corrected chi connectivity index (χ4v) is 4.14. The van der Waals surface area contributed by atoms with E-state index >= 15 is 0 Å². The van der Waals surface area contributed by atoms with Gasteiger partial charge >= 0.3 is 0 Å². The van der Waals surface area contributed by atoms with E-state index in [0.717, 1.165) is 17.7 Å². The monoisotopic (exact) mass is 398 g/mol. The Kier molecular flexibility index (Phi) is 6.34. The first kappa shape index (κ1) is 21.8. The number of fused-ring (bicyclic) bond motifs is 1. The maximum Gasteiger partial charge on any atom is 0.243 e. The molecule has 2 unspecified atom stereocenters. The molecule has 1 amide bonds. The average Bonchev–Trinajstić information content (AvgIpc) is 2.65. The van der Waals surface area contributed by atoms with E-state index in [0.29, 0.717) is 31.9 Å².